The van der Waals surface area contributed by atoms with Crippen LogP contribution in [0.25, 0.3) is 0 Å². The maximum Gasteiger partial charge on any atom is 0.413 e. The molecule has 0 aliphatic carbocycles. The van der Waals surface area contributed by atoms with Crippen LogP contribution in [0.4, 0.5) is 4.79 Å². The van der Waals surface area contributed by atoms with Crippen LogP contribution in [0.2, 0.25) is 0 Å². The Hall–Kier alpha value is -0.320. The zero-order valence-electron chi connectivity index (χ0n) is 6.17. The molecule has 0 atom stereocenters. The van der Waals surface area contributed by atoms with Crippen LogP contribution in [0.15, 0.2) is 0 Å². The predicted molar refractivity (Wildman–Crippen MR) is 33.6 cm³/mol. The van der Waals surface area contributed by atoms with Crippen LogP contribution in [0.5, 0.6) is 0 Å². The molecule has 2 amide bonds. The first kappa shape index (κ1) is 12.4. The minimum Gasteiger partial charge on any atom is -1.00 e. The number of hydrogen-bond donors (Lipinski definition) is 2. The number of quaternary nitrogens is 1. The zero-order chi connectivity index (χ0) is 7.49. The molecular weight excluding hydrogens is 156 g/mol. The number of halogens is 1. The quantitative estimate of drug-likeness (QED) is 0.415. The van der Waals surface area contributed by atoms with Crippen LogP contribution >= 0.6 is 0 Å². The van der Waals surface area contributed by atoms with Gasteiger partial charge in [0.25, 0.3) is 0 Å². The van der Waals surface area contributed by atoms with Crippen molar-refractivity contribution in [3.63, 3.8) is 0 Å². The van der Waals surface area contributed by atoms with Gasteiger partial charge in [-0.25, -0.2) is 9.28 Å². The van der Waals surface area contributed by atoms with E-state index in [1.54, 1.807) is 14.1 Å². The van der Waals surface area contributed by atoms with Crippen molar-refractivity contribution in [2.45, 2.75) is 0 Å². The lowest BCUT2D eigenvalue weighted by atomic mass is 10.5. The normalized spacial score (nSPS) is 10.3. The second-order valence-corrected chi connectivity index (χ2v) is 2.47. The molecule has 0 aliphatic heterocycles. The van der Waals surface area contributed by atoms with Crippen molar-refractivity contribution in [2.24, 2.45) is 5.73 Å². The van der Waals surface area contributed by atoms with E-state index in [0.717, 1.165) is 0 Å². The van der Waals surface area contributed by atoms with Crippen LogP contribution < -0.4 is 18.1 Å². The Balaban J connectivity index is 0. The molecule has 0 unspecified atom stereocenters. The van der Waals surface area contributed by atoms with Crippen LogP contribution in [-0.4, -0.2) is 42.9 Å². The van der Waals surface area contributed by atoms with E-state index >= 15 is 0 Å². The van der Waals surface area contributed by atoms with Crippen LogP contribution in [0.1, 0.15) is 0 Å². The van der Waals surface area contributed by atoms with Gasteiger partial charge in [0.2, 0.25) is 0 Å². The number of aliphatic hydroxyl groups excluding tert-OH is 1. The summed E-state index contributed by atoms with van der Waals surface area (Å²) in [7, 11) is 3.30. The molecule has 10 heavy (non-hydrogen) atoms. The lowest BCUT2D eigenvalue weighted by Gasteiger charge is -2.22. The molecule has 3 N–H and O–H groups in total. The van der Waals surface area contributed by atoms with Gasteiger partial charge in [-0.1, -0.05) is 0 Å². The Labute approximate surface area is 66.6 Å². The summed E-state index contributed by atoms with van der Waals surface area (Å²) in [6.07, 6.45) is 0. The highest BCUT2D eigenvalue weighted by molar-refractivity contribution is 5.63. The fourth-order valence-electron chi connectivity index (χ4n) is 0.360. The molecule has 0 saturated carbocycles. The number of aliphatic hydroxyl groups is 1. The maximum absolute atomic E-state index is 10.5. The SMILES string of the molecule is C[N+](C)(CCO)C(N)=O.[Cl-]. The van der Waals surface area contributed by atoms with Gasteiger partial charge in [-0.3, -0.25) is 0 Å². The molecule has 62 valence electrons. The van der Waals surface area contributed by atoms with E-state index in [-0.39, 0.29) is 23.5 Å². The zero-order valence-corrected chi connectivity index (χ0v) is 6.93. The van der Waals surface area contributed by atoms with E-state index in [9.17, 15) is 4.79 Å². The summed E-state index contributed by atoms with van der Waals surface area (Å²) in [5, 5.41) is 8.43. The third-order valence-corrected chi connectivity index (χ3v) is 1.26. The highest BCUT2D eigenvalue weighted by Crippen LogP contribution is 1.92. The minimum atomic E-state index is -0.427. The van der Waals surface area contributed by atoms with Gasteiger partial charge in [-0.2, -0.15) is 0 Å². The molecule has 0 aromatic carbocycles. The lowest BCUT2D eigenvalue weighted by molar-refractivity contribution is -0.808. The molecule has 0 heterocycles. The van der Waals surface area contributed by atoms with Gasteiger partial charge < -0.3 is 23.2 Å². The van der Waals surface area contributed by atoms with Gasteiger partial charge in [0.1, 0.15) is 6.54 Å². The van der Waals surface area contributed by atoms with Crippen LogP contribution in [0.3, 0.4) is 0 Å². The molecule has 5 heteroatoms. The molecule has 0 rings (SSSR count). The number of primary amides is 1. The Morgan fingerprint density at radius 3 is 2.10 bits per heavy atom. The van der Waals surface area contributed by atoms with Crippen molar-refractivity contribution >= 4 is 6.03 Å². The standard InChI is InChI=1S/C5H12N2O2.ClH/c1-7(2,3-4-8)5(6)9;/h8H,3-4H2,1-2H3,(H-,6,9);1H. The smallest absolute Gasteiger partial charge is 0.413 e. The highest BCUT2D eigenvalue weighted by Gasteiger charge is 2.21. The van der Waals surface area contributed by atoms with Gasteiger partial charge >= 0.3 is 6.03 Å². The fourth-order valence-corrected chi connectivity index (χ4v) is 0.360. The molecular formula is C5H13ClN2O2. The average Bonchev–Trinajstić information content (AvgIpc) is 1.65. The molecule has 0 aliphatic rings. The van der Waals surface area contributed by atoms with Crippen LogP contribution in [-0.2, 0) is 0 Å². The van der Waals surface area contributed by atoms with Gasteiger partial charge in [-0.15, -0.1) is 0 Å². The van der Waals surface area contributed by atoms with Crippen molar-refractivity contribution in [2.75, 3.05) is 27.2 Å². The first-order valence-electron chi connectivity index (χ1n) is 2.74. The second kappa shape index (κ2) is 4.49. The van der Waals surface area contributed by atoms with Gasteiger partial charge in [0.15, 0.2) is 0 Å². The summed E-state index contributed by atoms with van der Waals surface area (Å²) >= 11 is 0. The van der Waals surface area contributed by atoms with Gasteiger partial charge in [0.05, 0.1) is 20.7 Å². The summed E-state index contributed by atoms with van der Waals surface area (Å²) in [4.78, 5) is 10.5. The van der Waals surface area contributed by atoms with Crippen molar-refractivity contribution < 1.29 is 26.8 Å². The Morgan fingerprint density at radius 1 is 1.60 bits per heavy atom. The van der Waals surface area contributed by atoms with E-state index in [0.29, 0.717) is 6.54 Å². The molecule has 4 nitrogen and oxygen atoms in total. The molecule has 0 radical (unpaired) electrons. The van der Waals surface area contributed by atoms with Gasteiger partial charge in [-0.05, 0) is 0 Å². The molecule has 0 spiro atoms. The molecule has 0 aromatic heterocycles. The number of hydrogen-bond acceptors (Lipinski definition) is 2. The molecule has 0 bridgehead atoms. The maximum atomic E-state index is 10.5. The van der Waals surface area contributed by atoms with Crippen LogP contribution in [0, 0.1) is 0 Å². The minimum absolute atomic E-state index is 0. The van der Waals surface area contributed by atoms with Crippen molar-refractivity contribution in [1.29, 1.82) is 0 Å². The van der Waals surface area contributed by atoms with E-state index < -0.39 is 6.03 Å². The summed E-state index contributed by atoms with van der Waals surface area (Å²) in [5.41, 5.74) is 4.98. The number of nitrogens with zero attached hydrogens (tertiary/aromatic N) is 1. The number of carbonyl (C=O) groups excluding carboxylic acids is 1. The van der Waals surface area contributed by atoms with E-state index in [1.165, 1.54) is 0 Å². The Bertz CT molecular complexity index is 116. The number of urea groups is 1. The summed E-state index contributed by atoms with van der Waals surface area (Å²) in [6, 6.07) is -0.427. The average molecular weight is 169 g/mol. The van der Waals surface area contributed by atoms with Crippen molar-refractivity contribution in [1.82, 2.24) is 0 Å². The predicted octanol–water partition coefficient (Wildman–Crippen LogP) is -3.86. The first-order chi connectivity index (χ1) is 4.00. The van der Waals surface area contributed by atoms with E-state index in [4.69, 9.17) is 10.8 Å². The molecule has 0 fully saturated rings. The summed E-state index contributed by atoms with van der Waals surface area (Å²) < 4.78 is 0.0382. The largest absolute Gasteiger partial charge is 1.00 e. The summed E-state index contributed by atoms with van der Waals surface area (Å²) in [5.74, 6) is 0. The van der Waals surface area contributed by atoms with Gasteiger partial charge in [0, 0.05) is 0 Å². The monoisotopic (exact) mass is 168 g/mol. The molecule has 0 saturated heterocycles. The number of carbonyl (C=O) groups is 1. The molecule has 0 aromatic rings. The first-order valence-corrected chi connectivity index (χ1v) is 2.74. The number of likely N-dealkylation sites (N-methyl/N-ethyl adjacent to an activating group) is 1. The number of rotatable bonds is 2. The topological polar surface area (TPSA) is 63.3 Å². The lowest BCUT2D eigenvalue weighted by Crippen LogP contribution is -3.00. The van der Waals surface area contributed by atoms with Crippen molar-refractivity contribution in [3.05, 3.63) is 0 Å². The third kappa shape index (κ3) is 3.66. The van der Waals surface area contributed by atoms with E-state index in [2.05, 4.69) is 0 Å². The fraction of sp³-hybridized carbons (Fsp3) is 0.800. The van der Waals surface area contributed by atoms with Crippen molar-refractivity contribution in [3.8, 4) is 0 Å². The summed E-state index contributed by atoms with van der Waals surface area (Å²) in [6.45, 7) is 0.352. The van der Waals surface area contributed by atoms with E-state index in [1.807, 2.05) is 0 Å². The second-order valence-electron chi connectivity index (χ2n) is 2.47. The number of amides is 2. The highest BCUT2D eigenvalue weighted by atomic mass is 35.5. The Kier molecular flexibility index (Phi) is 5.55. The third-order valence-electron chi connectivity index (χ3n) is 1.26. The number of nitrogens with two attached hydrogens (primary N) is 1. The Morgan fingerprint density at radius 2 is 2.00 bits per heavy atom.